The van der Waals surface area contributed by atoms with E-state index < -0.39 is 76.3 Å². The maximum atomic E-state index is 13.7. The molecule has 1 saturated heterocycles. The second-order valence-electron chi connectivity index (χ2n) is 10.7. The van der Waals surface area contributed by atoms with E-state index in [4.69, 9.17) is 9.47 Å². The molecule has 2 N–H and O–H groups in total. The lowest BCUT2D eigenvalue weighted by molar-refractivity contribution is -0.262. The fourth-order valence-corrected chi connectivity index (χ4v) is 7.23. The van der Waals surface area contributed by atoms with Gasteiger partial charge < -0.3 is 19.7 Å². The fourth-order valence-electron chi connectivity index (χ4n) is 7.23. The standard InChI is InChI=1S/C25H32O8/c1-11(2)6-18(27)32-10-25-15-9-19(28)33-17(25)8-14-12(3)7-16(26)23(31)24(14,5)22(25)21(30)20(29)13(15)4/h6-7,13-15,17,20,22-23,29,31H,8-10H2,1-5H3/t13-,14?,15-,17+,20-,22+,23+,24-,25+/m0/s1. The van der Waals surface area contributed by atoms with Crippen LogP contribution >= 0.6 is 0 Å². The van der Waals surface area contributed by atoms with Crippen LogP contribution in [0.15, 0.2) is 23.3 Å². The van der Waals surface area contributed by atoms with Crippen molar-refractivity contribution in [1.29, 1.82) is 0 Å². The van der Waals surface area contributed by atoms with Gasteiger partial charge in [0.05, 0.1) is 5.41 Å². The van der Waals surface area contributed by atoms with Crippen molar-refractivity contribution in [2.75, 3.05) is 6.61 Å². The van der Waals surface area contributed by atoms with Gasteiger partial charge in [-0.15, -0.1) is 0 Å². The van der Waals surface area contributed by atoms with Gasteiger partial charge in [-0.25, -0.2) is 4.79 Å². The van der Waals surface area contributed by atoms with Crippen LogP contribution < -0.4 is 0 Å². The highest BCUT2D eigenvalue weighted by Gasteiger charge is 2.74. The van der Waals surface area contributed by atoms with Crippen molar-refractivity contribution in [2.24, 2.45) is 34.5 Å². The van der Waals surface area contributed by atoms with Crippen molar-refractivity contribution in [2.45, 2.75) is 65.8 Å². The van der Waals surface area contributed by atoms with Crippen LogP contribution in [0, 0.1) is 34.5 Å². The summed E-state index contributed by atoms with van der Waals surface area (Å²) >= 11 is 0. The highest BCUT2D eigenvalue weighted by molar-refractivity contribution is 5.98. The topological polar surface area (TPSA) is 127 Å². The van der Waals surface area contributed by atoms with E-state index in [0.717, 1.165) is 5.57 Å². The lowest BCUT2D eigenvalue weighted by Gasteiger charge is -2.67. The number of aliphatic hydroxyl groups is 2. The predicted molar refractivity (Wildman–Crippen MR) is 115 cm³/mol. The van der Waals surface area contributed by atoms with E-state index in [2.05, 4.69) is 0 Å². The van der Waals surface area contributed by atoms with Crippen LogP contribution in [0.25, 0.3) is 0 Å². The zero-order valence-electron chi connectivity index (χ0n) is 19.7. The van der Waals surface area contributed by atoms with Gasteiger partial charge in [-0.05, 0) is 51.0 Å². The van der Waals surface area contributed by atoms with E-state index in [1.165, 1.54) is 12.2 Å². The summed E-state index contributed by atoms with van der Waals surface area (Å²) in [6, 6.07) is 0. The molecule has 9 atom stereocenters. The van der Waals surface area contributed by atoms with Crippen molar-refractivity contribution in [3.8, 4) is 0 Å². The molecular weight excluding hydrogens is 428 g/mol. The van der Waals surface area contributed by atoms with Crippen LogP contribution in [-0.4, -0.2) is 58.6 Å². The van der Waals surface area contributed by atoms with Gasteiger partial charge in [0.2, 0.25) is 0 Å². The zero-order chi connectivity index (χ0) is 24.5. The van der Waals surface area contributed by atoms with Crippen LogP contribution in [0.4, 0.5) is 0 Å². The molecule has 1 heterocycles. The molecule has 3 aliphatic carbocycles. The highest BCUT2D eigenvalue weighted by atomic mass is 16.6. The predicted octanol–water partition coefficient (Wildman–Crippen LogP) is 1.53. The normalized spacial score (nSPS) is 44.2. The number of ether oxygens (including phenoxy) is 2. The van der Waals surface area contributed by atoms with Crippen LogP contribution in [-0.2, 0) is 28.7 Å². The number of hydrogen-bond donors (Lipinski definition) is 2. The third kappa shape index (κ3) is 3.25. The maximum Gasteiger partial charge on any atom is 0.330 e. The first kappa shape index (κ1) is 23.8. The second-order valence-corrected chi connectivity index (χ2v) is 10.7. The van der Waals surface area contributed by atoms with Crippen molar-refractivity contribution >= 4 is 23.5 Å². The SMILES string of the molecule is CC(C)=CC(=O)OC[C@@]12[C@@H]3C(=O)[C@@H](O)[C@@H](C)[C@@H]1CC(=O)O[C@@H]2CC1C(C)=CC(=O)[C@@H](O)[C@@]13C. The van der Waals surface area contributed by atoms with Crippen molar-refractivity contribution in [3.63, 3.8) is 0 Å². The Morgan fingerprint density at radius 3 is 2.58 bits per heavy atom. The first-order valence-electron chi connectivity index (χ1n) is 11.5. The van der Waals surface area contributed by atoms with Crippen LogP contribution in [0.3, 0.4) is 0 Å². The van der Waals surface area contributed by atoms with Crippen LogP contribution in [0.5, 0.6) is 0 Å². The molecule has 0 aromatic heterocycles. The van der Waals surface area contributed by atoms with E-state index in [1.54, 1.807) is 34.6 Å². The number of Topliss-reactive ketones (excluding diaryl/α,β-unsaturated/α-hetero) is 1. The molecule has 1 unspecified atom stereocenters. The molecule has 4 aliphatic rings. The molecule has 180 valence electrons. The Morgan fingerprint density at radius 2 is 1.94 bits per heavy atom. The monoisotopic (exact) mass is 460 g/mol. The molecule has 0 aromatic rings. The number of hydrogen-bond acceptors (Lipinski definition) is 8. The van der Waals surface area contributed by atoms with Gasteiger partial charge in [0.1, 0.15) is 24.9 Å². The average molecular weight is 461 g/mol. The Morgan fingerprint density at radius 1 is 1.27 bits per heavy atom. The van der Waals surface area contributed by atoms with Crippen LogP contribution in [0.1, 0.15) is 47.5 Å². The molecule has 0 amide bonds. The van der Waals surface area contributed by atoms with E-state index >= 15 is 0 Å². The summed E-state index contributed by atoms with van der Waals surface area (Å²) in [5, 5.41) is 22.0. The number of rotatable bonds is 3. The first-order valence-corrected chi connectivity index (χ1v) is 11.5. The molecule has 2 saturated carbocycles. The van der Waals surface area contributed by atoms with E-state index in [-0.39, 0.29) is 19.4 Å². The molecule has 33 heavy (non-hydrogen) atoms. The number of carbonyl (C=O) groups excluding carboxylic acids is 4. The first-order chi connectivity index (χ1) is 15.3. The molecule has 0 bridgehead atoms. The quantitative estimate of drug-likeness (QED) is 0.479. The molecule has 0 aromatic carbocycles. The molecule has 8 heteroatoms. The van der Waals surface area contributed by atoms with Gasteiger partial charge in [-0.3, -0.25) is 14.4 Å². The minimum atomic E-state index is -1.47. The highest BCUT2D eigenvalue weighted by Crippen LogP contribution is 2.67. The Kier molecular flexibility index (Phi) is 5.69. The molecule has 0 spiro atoms. The van der Waals surface area contributed by atoms with Gasteiger partial charge >= 0.3 is 11.9 Å². The fraction of sp³-hybridized carbons (Fsp3) is 0.680. The molecule has 1 aliphatic heterocycles. The number of esters is 2. The summed E-state index contributed by atoms with van der Waals surface area (Å²) in [6.45, 7) is 8.48. The molecule has 8 nitrogen and oxygen atoms in total. The zero-order valence-corrected chi connectivity index (χ0v) is 19.7. The Labute approximate surface area is 193 Å². The maximum absolute atomic E-state index is 13.7. The van der Waals surface area contributed by atoms with Crippen molar-refractivity contribution in [1.82, 2.24) is 0 Å². The molecule has 3 fully saturated rings. The van der Waals surface area contributed by atoms with E-state index in [9.17, 15) is 29.4 Å². The Hall–Kier alpha value is -2.32. The van der Waals surface area contributed by atoms with Crippen LogP contribution in [0.2, 0.25) is 0 Å². The number of fused-ring (bicyclic) bond motifs is 2. The molecular formula is C25H32O8. The largest absolute Gasteiger partial charge is 0.462 e. The van der Waals surface area contributed by atoms with Gasteiger partial charge in [-0.1, -0.05) is 25.0 Å². The minimum absolute atomic E-state index is 0.0433. The lowest BCUT2D eigenvalue weighted by atomic mass is 9.38. The number of ketones is 2. The van der Waals surface area contributed by atoms with E-state index in [0.29, 0.717) is 5.57 Å². The third-order valence-corrected chi connectivity index (χ3v) is 8.67. The molecule has 4 rings (SSSR count). The van der Waals surface area contributed by atoms with Gasteiger partial charge in [0.15, 0.2) is 11.6 Å². The Balaban J connectivity index is 1.91. The van der Waals surface area contributed by atoms with Crippen molar-refractivity contribution in [3.05, 3.63) is 23.3 Å². The summed E-state index contributed by atoms with van der Waals surface area (Å²) in [5.41, 5.74) is -0.954. The van der Waals surface area contributed by atoms with Gasteiger partial charge in [0, 0.05) is 23.8 Å². The summed E-state index contributed by atoms with van der Waals surface area (Å²) < 4.78 is 11.5. The number of carbonyl (C=O) groups is 4. The summed E-state index contributed by atoms with van der Waals surface area (Å²) in [6.07, 6.45) is -0.615. The van der Waals surface area contributed by atoms with Gasteiger partial charge in [-0.2, -0.15) is 0 Å². The van der Waals surface area contributed by atoms with Crippen molar-refractivity contribution < 1.29 is 38.9 Å². The summed E-state index contributed by atoms with van der Waals surface area (Å²) in [5.74, 6) is -4.58. The third-order valence-electron chi connectivity index (χ3n) is 8.67. The second kappa shape index (κ2) is 7.87. The number of allylic oxidation sites excluding steroid dienone is 2. The number of aliphatic hydroxyl groups excluding tert-OH is 2. The molecule has 0 radical (unpaired) electrons. The summed E-state index contributed by atoms with van der Waals surface area (Å²) in [4.78, 5) is 51.5. The average Bonchev–Trinajstić information content (AvgIpc) is 2.72. The Bertz CT molecular complexity index is 975. The lowest BCUT2D eigenvalue weighted by Crippen LogP contribution is -2.75. The summed E-state index contributed by atoms with van der Waals surface area (Å²) in [7, 11) is 0. The van der Waals surface area contributed by atoms with E-state index in [1.807, 2.05) is 0 Å². The minimum Gasteiger partial charge on any atom is -0.462 e. The van der Waals surface area contributed by atoms with Gasteiger partial charge in [0.25, 0.3) is 0 Å². The smallest absolute Gasteiger partial charge is 0.330 e.